The molecule has 1 amide bonds. The van der Waals surface area contributed by atoms with Gasteiger partial charge in [-0.25, -0.2) is 0 Å². The zero-order chi connectivity index (χ0) is 24.6. The maximum atomic E-state index is 12.9. The van der Waals surface area contributed by atoms with Crippen LogP contribution < -0.4 is 10.1 Å². The van der Waals surface area contributed by atoms with Crippen LogP contribution in [-0.2, 0) is 0 Å². The van der Waals surface area contributed by atoms with Crippen molar-refractivity contribution in [1.82, 2.24) is 15.3 Å². The third-order valence-electron chi connectivity index (χ3n) is 5.62. The zero-order valence-corrected chi connectivity index (χ0v) is 19.7. The maximum absolute atomic E-state index is 12.9. The second-order valence-electron chi connectivity index (χ2n) is 7.84. The molecule has 0 unspecified atom stereocenters. The summed E-state index contributed by atoms with van der Waals surface area (Å²) in [6.45, 7) is 6.01. The van der Waals surface area contributed by atoms with E-state index in [4.69, 9.17) is 4.74 Å². The van der Waals surface area contributed by atoms with Crippen LogP contribution in [0.1, 0.15) is 15.9 Å². The van der Waals surface area contributed by atoms with Crippen LogP contribution in [0, 0.1) is 6.92 Å². The van der Waals surface area contributed by atoms with Gasteiger partial charge in [0, 0.05) is 54.9 Å². The Labute approximate surface area is 204 Å². The van der Waals surface area contributed by atoms with Gasteiger partial charge in [-0.3, -0.25) is 19.8 Å². The van der Waals surface area contributed by atoms with Gasteiger partial charge in [0.2, 0.25) is 0 Å². The second kappa shape index (κ2) is 11.0. The van der Waals surface area contributed by atoms with Gasteiger partial charge >= 0.3 is 0 Å². The highest BCUT2D eigenvalue weighted by atomic mass is 16.5. The van der Waals surface area contributed by atoms with E-state index in [1.165, 1.54) is 0 Å². The summed E-state index contributed by atoms with van der Waals surface area (Å²) in [6.07, 6.45) is 10.4. The number of allylic oxidation sites excluding steroid dienone is 1. The SMILES string of the molecule is C=C/C(=C\C=N/C)CNC(=O)c1cccc(Oc2ccnc3cc(-c4ccncc4)ccc23)c1C. The Balaban J connectivity index is 1.58. The number of pyridine rings is 2. The zero-order valence-electron chi connectivity index (χ0n) is 19.7. The molecule has 0 atom stereocenters. The standard InChI is InChI=1S/C29H26N4O2/c1-4-21(10-14-30-3)19-33-29(34)24-6-5-7-27(20(24)2)35-28-13-17-32-26-18-23(8-9-25(26)28)22-11-15-31-16-12-22/h4-18H,1,19H2,2-3H3,(H,33,34)/b21-10+,30-14-. The van der Waals surface area contributed by atoms with Crippen LogP contribution in [0.25, 0.3) is 22.0 Å². The predicted octanol–water partition coefficient (Wildman–Crippen LogP) is 5.94. The number of hydrogen-bond donors (Lipinski definition) is 1. The number of aliphatic imine (C=N–C) groups is 1. The summed E-state index contributed by atoms with van der Waals surface area (Å²) in [5.41, 5.74) is 5.11. The summed E-state index contributed by atoms with van der Waals surface area (Å²) in [4.78, 5) is 25.4. The van der Waals surface area contributed by atoms with Gasteiger partial charge in [0.1, 0.15) is 11.5 Å². The molecule has 0 saturated heterocycles. The minimum atomic E-state index is -0.185. The number of carbonyl (C=O) groups is 1. The molecular weight excluding hydrogens is 436 g/mol. The molecule has 174 valence electrons. The van der Waals surface area contributed by atoms with Gasteiger partial charge in [0.25, 0.3) is 5.91 Å². The molecule has 0 aliphatic heterocycles. The van der Waals surface area contributed by atoms with Gasteiger partial charge in [-0.1, -0.05) is 24.8 Å². The van der Waals surface area contributed by atoms with Gasteiger partial charge in [0.15, 0.2) is 0 Å². The van der Waals surface area contributed by atoms with Crippen LogP contribution in [0.15, 0.2) is 102 Å². The molecule has 6 heteroatoms. The van der Waals surface area contributed by atoms with Crippen molar-refractivity contribution in [3.05, 3.63) is 109 Å². The number of nitrogens with one attached hydrogen (secondary N) is 1. The van der Waals surface area contributed by atoms with Crippen LogP contribution in [0.2, 0.25) is 0 Å². The first-order chi connectivity index (χ1) is 17.1. The summed E-state index contributed by atoms with van der Waals surface area (Å²) in [5.74, 6) is 1.10. The first kappa shape index (κ1) is 23.6. The first-order valence-corrected chi connectivity index (χ1v) is 11.2. The van der Waals surface area contributed by atoms with E-state index in [2.05, 4.69) is 26.9 Å². The monoisotopic (exact) mass is 462 g/mol. The Hall–Kier alpha value is -4.58. The van der Waals surface area contributed by atoms with E-state index in [0.29, 0.717) is 23.6 Å². The molecular formula is C29H26N4O2. The topological polar surface area (TPSA) is 76.5 Å². The summed E-state index contributed by atoms with van der Waals surface area (Å²) >= 11 is 0. The smallest absolute Gasteiger partial charge is 0.251 e. The minimum absolute atomic E-state index is 0.185. The molecule has 35 heavy (non-hydrogen) atoms. The van der Waals surface area contributed by atoms with E-state index >= 15 is 0 Å². The fourth-order valence-corrected chi connectivity index (χ4v) is 3.67. The number of hydrogen-bond acceptors (Lipinski definition) is 5. The van der Waals surface area contributed by atoms with Crippen molar-refractivity contribution >= 4 is 23.0 Å². The molecule has 0 fully saturated rings. The van der Waals surface area contributed by atoms with Crippen molar-refractivity contribution < 1.29 is 9.53 Å². The minimum Gasteiger partial charge on any atom is -0.456 e. The van der Waals surface area contributed by atoms with Crippen molar-refractivity contribution in [3.8, 4) is 22.6 Å². The number of aromatic nitrogens is 2. The van der Waals surface area contributed by atoms with Crippen molar-refractivity contribution in [3.63, 3.8) is 0 Å². The lowest BCUT2D eigenvalue weighted by Crippen LogP contribution is -2.26. The Morgan fingerprint density at radius 2 is 1.89 bits per heavy atom. The van der Waals surface area contributed by atoms with Crippen molar-refractivity contribution in [2.75, 3.05) is 13.6 Å². The third-order valence-corrected chi connectivity index (χ3v) is 5.62. The molecule has 0 aliphatic rings. The molecule has 0 bridgehead atoms. The lowest BCUT2D eigenvalue weighted by Gasteiger charge is -2.14. The largest absolute Gasteiger partial charge is 0.456 e. The van der Waals surface area contributed by atoms with E-state index in [9.17, 15) is 4.79 Å². The maximum Gasteiger partial charge on any atom is 0.251 e. The van der Waals surface area contributed by atoms with Gasteiger partial charge < -0.3 is 10.1 Å². The predicted molar refractivity (Wildman–Crippen MR) is 141 cm³/mol. The summed E-state index contributed by atoms with van der Waals surface area (Å²) in [5, 5.41) is 3.82. The number of ether oxygens (including phenoxy) is 1. The number of benzene rings is 2. The van der Waals surface area contributed by atoms with Crippen LogP contribution in [-0.4, -0.2) is 35.7 Å². The number of rotatable bonds is 8. The normalized spacial score (nSPS) is 11.5. The summed E-state index contributed by atoms with van der Waals surface area (Å²) < 4.78 is 6.28. The van der Waals surface area contributed by atoms with Gasteiger partial charge in [0.05, 0.1) is 5.52 Å². The molecule has 2 aromatic carbocycles. The molecule has 0 aliphatic carbocycles. The molecule has 1 N–H and O–H groups in total. The van der Waals surface area contributed by atoms with Gasteiger partial charge in [-0.2, -0.15) is 0 Å². The average molecular weight is 463 g/mol. The molecule has 4 aromatic rings. The van der Waals surface area contributed by atoms with Gasteiger partial charge in [-0.15, -0.1) is 0 Å². The molecule has 4 rings (SSSR count). The van der Waals surface area contributed by atoms with E-state index in [-0.39, 0.29) is 5.91 Å². The highest BCUT2D eigenvalue weighted by Gasteiger charge is 2.14. The first-order valence-electron chi connectivity index (χ1n) is 11.2. The van der Waals surface area contributed by atoms with E-state index in [1.54, 1.807) is 44.0 Å². The quantitative estimate of drug-likeness (QED) is 0.260. The number of fused-ring (bicyclic) bond motifs is 1. The fraction of sp³-hybridized carbons (Fsp3) is 0.103. The highest BCUT2D eigenvalue weighted by molar-refractivity contribution is 5.96. The Morgan fingerprint density at radius 3 is 2.66 bits per heavy atom. The molecule has 2 aromatic heterocycles. The van der Waals surface area contributed by atoms with E-state index < -0.39 is 0 Å². The number of amides is 1. The van der Waals surface area contributed by atoms with Crippen LogP contribution in [0.3, 0.4) is 0 Å². The summed E-state index contributed by atoms with van der Waals surface area (Å²) in [7, 11) is 1.69. The van der Waals surface area contributed by atoms with Crippen molar-refractivity contribution in [1.29, 1.82) is 0 Å². The van der Waals surface area contributed by atoms with Gasteiger partial charge in [-0.05, 0) is 72.2 Å². The molecule has 0 saturated carbocycles. The molecule has 6 nitrogen and oxygen atoms in total. The second-order valence-corrected chi connectivity index (χ2v) is 7.84. The van der Waals surface area contributed by atoms with Crippen LogP contribution in [0.4, 0.5) is 0 Å². The van der Waals surface area contributed by atoms with Crippen LogP contribution in [0.5, 0.6) is 11.5 Å². The Bertz CT molecular complexity index is 1430. The number of carbonyl (C=O) groups excluding carboxylic acids is 1. The lowest BCUT2D eigenvalue weighted by molar-refractivity contribution is 0.0956. The molecule has 0 spiro atoms. The average Bonchev–Trinajstić information content (AvgIpc) is 2.90. The number of nitrogens with zero attached hydrogens (tertiary/aromatic N) is 3. The van der Waals surface area contributed by atoms with Crippen LogP contribution >= 0.6 is 0 Å². The van der Waals surface area contributed by atoms with E-state index in [0.717, 1.165) is 33.2 Å². The molecule has 0 radical (unpaired) electrons. The van der Waals surface area contributed by atoms with E-state index in [1.807, 2.05) is 61.5 Å². The Kier molecular flexibility index (Phi) is 7.43. The molecule has 2 heterocycles. The lowest BCUT2D eigenvalue weighted by atomic mass is 10.0. The van der Waals surface area contributed by atoms with Crippen molar-refractivity contribution in [2.24, 2.45) is 4.99 Å². The summed E-state index contributed by atoms with van der Waals surface area (Å²) in [6, 6.07) is 17.3. The third kappa shape index (κ3) is 5.50. The van der Waals surface area contributed by atoms with Crippen molar-refractivity contribution in [2.45, 2.75) is 6.92 Å². The Morgan fingerprint density at radius 1 is 1.06 bits per heavy atom. The highest BCUT2D eigenvalue weighted by Crippen LogP contribution is 2.33. The fourth-order valence-electron chi connectivity index (χ4n) is 3.67.